The van der Waals surface area contributed by atoms with Crippen LogP contribution in [0.5, 0.6) is 0 Å². The molecule has 0 radical (unpaired) electrons. The van der Waals surface area contributed by atoms with Gasteiger partial charge >= 0.3 is 0 Å². The zero-order valence-electron chi connectivity index (χ0n) is 12.2. The molecule has 5 heteroatoms. The molecule has 20 heavy (non-hydrogen) atoms. The number of aryl methyl sites for hydroxylation is 1. The van der Waals surface area contributed by atoms with Crippen LogP contribution in [0.3, 0.4) is 0 Å². The van der Waals surface area contributed by atoms with Gasteiger partial charge in [-0.3, -0.25) is 0 Å². The molecule has 5 nitrogen and oxygen atoms in total. The highest BCUT2D eigenvalue weighted by Crippen LogP contribution is 2.19. The Bertz CT molecular complexity index is 574. The molecule has 2 aromatic rings. The fraction of sp³-hybridized carbons (Fsp3) is 0.600. The molecule has 0 N–H and O–H groups in total. The quantitative estimate of drug-likeness (QED) is 0.859. The van der Waals surface area contributed by atoms with Crippen LogP contribution in [0.2, 0.25) is 0 Å². The summed E-state index contributed by atoms with van der Waals surface area (Å²) < 4.78 is 7.70. The van der Waals surface area contributed by atoms with E-state index in [2.05, 4.69) is 28.1 Å². The van der Waals surface area contributed by atoms with E-state index in [4.69, 9.17) is 4.74 Å². The molecule has 0 spiro atoms. The maximum absolute atomic E-state index is 5.80. The Labute approximate surface area is 119 Å². The third-order valence-corrected chi connectivity index (χ3v) is 3.92. The number of hydrogen-bond acceptors (Lipinski definition) is 4. The molecule has 2 aromatic heterocycles. The van der Waals surface area contributed by atoms with Crippen LogP contribution in [-0.4, -0.2) is 40.9 Å². The van der Waals surface area contributed by atoms with Gasteiger partial charge in [0.25, 0.3) is 0 Å². The second kappa shape index (κ2) is 5.79. The molecular formula is C15H22N4O. The largest absolute Gasteiger partial charge is 0.378 e. The summed E-state index contributed by atoms with van der Waals surface area (Å²) in [5, 5.41) is 4.36. The molecular weight excluding hydrogens is 252 g/mol. The first-order chi connectivity index (χ1) is 9.74. The topological polar surface area (TPSA) is 42.7 Å². The minimum Gasteiger partial charge on any atom is -0.378 e. The monoisotopic (exact) mass is 274 g/mol. The molecule has 0 amide bonds. The van der Waals surface area contributed by atoms with E-state index in [1.165, 1.54) is 19.3 Å². The van der Waals surface area contributed by atoms with Crippen LogP contribution in [0.4, 0.5) is 5.82 Å². The molecule has 3 heterocycles. The molecule has 1 saturated heterocycles. The van der Waals surface area contributed by atoms with Gasteiger partial charge in [0.15, 0.2) is 5.65 Å². The normalized spacial score (nSPS) is 19.4. The first-order valence-corrected chi connectivity index (χ1v) is 7.38. The van der Waals surface area contributed by atoms with Gasteiger partial charge < -0.3 is 9.64 Å². The van der Waals surface area contributed by atoms with Gasteiger partial charge in [0.05, 0.1) is 12.3 Å². The Morgan fingerprint density at radius 3 is 3.15 bits per heavy atom. The highest BCUT2D eigenvalue weighted by Gasteiger charge is 2.15. The lowest BCUT2D eigenvalue weighted by molar-refractivity contribution is 0.0126. The standard InChI is InChI=1S/C15H22N4O/c1-12-11-15(19-14(17-12)6-8-16-19)18(2)9-7-13-5-3-4-10-20-13/h6,8,11,13H,3-5,7,9-10H2,1-2H3/t13-/m0/s1. The van der Waals surface area contributed by atoms with Crippen molar-refractivity contribution in [2.24, 2.45) is 0 Å². The Morgan fingerprint density at radius 1 is 1.45 bits per heavy atom. The average Bonchev–Trinajstić information content (AvgIpc) is 2.93. The summed E-state index contributed by atoms with van der Waals surface area (Å²) in [7, 11) is 2.11. The molecule has 1 aliphatic heterocycles. The summed E-state index contributed by atoms with van der Waals surface area (Å²) in [6.07, 6.45) is 6.99. The lowest BCUT2D eigenvalue weighted by Gasteiger charge is -2.26. The molecule has 1 aliphatic rings. The van der Waals surface area contributed by atoms with Crippen molar-refractivity contribution in [3.63, 3.8) is 0 Å². The first-order valence-electron chi connectivity index (χ1n) is 7.38. The van der Waals surface area contributed by atoms with Crippen molar-refractivity contribution >= 4 is 11.5 Å². The van der Waals surface area contributed by atoms with Gasteiger partial charge in [0.2, 0.25) is 0 Å². The molecule has 108 valence electrons. The van der Waals surface area contributed by atoms with Gasteiger partial charge in [-0.25, -0.2) is 4.98 Å². The number of anilines is 1. The van der Waals surface area contributed by atoms with Crippen LogP contribution >= 0.6 is 0 Å². The molecule has 1 fully saturated rings. The zero-order valence-corrected chi connectivity index (χ0v) is 12.2. The van der Waals surface area contributed by atoms with E-state index in [0.29, 0.717) is 6.10 Å². The fourth-order valence-electron chi connectivity index (χ4n) is 2.78. The van der Waals surface area contributed by atoms with E-state index in [-0.39, 0.29) is 0 Å². The van der Waals surface area contributed by atoms with Crippen molar-refractivity contribution in [3.05, 3.63) is 24.0 Å². The number of nitrogens with zero attached hydrogens (tertiary/aromatic N) is 4. The molecule has 1 atom stereocenters. The number of fused-ring (bicyclic) bond motifs is 1. The number of rotatable bonds is 4. The van der Waals surface area contributed by atoms with Gasteiger partial charge in [-0.15, -0.1) is 0 Å². The van der Waals surface area contributed by atoms with E-state index >= 15 is 0 Å². The number of ether oxygens (including phenoxy) is 1. The van der Waals surface area contributed by atoms with Gasteiger partial charge in [0, 0.05) is 38.0 Å². The second-order valence-corrected chi connectivity index (χ2v) is 5.56. The van der Waals surface area contributed by atoms with E-state index in [1.807, 2.05) is 17.5 Å². The minimum atomic E-state index is 0.419. The third kappa shape index (κ3) is 2.77. The SMILES string of the molecule is Cc1cc(N(C)CC[C@@H]2CCCCO2)n2nccc2n1. The number of aromatic nitrogens is 3. The summed E-state index contributed by atoms with van der Waals surface area (Å²) in [4.78, 5) is 6.72. The summed E-state index contributed by atoms with van der Waals surface area (Å²) in [6, 6.07) is 4.02. The van der Waals surface area contributed by atoms with E-state index in [0.717, 1.165) is 36.7 Å². The van der Waals surface area contributed by atoms with Gasteiger partial charge in [-0.05, 0) is 32.6 Å². The van der Waals surface area contributed by atoms with Crippen molar-refractivity contribution in [2.45, 2.75) is 38.7 Å². The third-order valence-electron chi connectivity index (χ3n) is 3.92. The van der Waals surface area contributed by atoms with E-state index in [9.17, 15) is 0 Å². The van der Waals surface area contributed by atoms with Gasteiger partial charge in [-0.2, -0.15) is 9.61 Å². The first kappa shape index (κ1) is 13.4. The van der Waals surface area contributed by atoms with Crippen LogP contribution in [0.15, 0.2) is 18.3 Å². The highest BCUT2D eigenvalue weighted by atomic mass is 16.5. The highest BCUT2D eigenvalue weighted by molar-refractivity contribution is 5.50. The summed E-state index contributed by atoms with van der Waals surface area (Å²) >= 11 is 0. The maximum Gasteiger partial charge on any atom is 0.157 e. The van der Waals surface area contributed by atoms with Crippen LogP contribution in [0, 0.1) is 6.92 Å². The molecule has 0 saturated carbocycles. The van der Waals surface area contributed by atoms with Gasteiger partial charge in [-0.1, -0.05) is 0 Å². The van der Waals surface area contributed by atoms with Crippen molar-refractivity contribution in [2.75, 3.05) is 25.1 Å². The second-order valence-electron chi connectivity index (χ2n) is 5.56. The van der Waals surface area contributed by atoms with Crippen molar-refractivity contribution in [3.8, 4) is 0 Å². The van der Waals surface area contributed by atoms with Crippen molar-refractivity contribution < 1.29 is 4.74 Å². The Morgan fingerprint density at radius 2 is 2.35 bits per heavy atom. The molecule has 0 bridgehead atoms. The Hall–Kier alpha value is -1.62. The van der Waals surface area contributed by atoms with Crippen molar-refractivity contribution in [1.82, 2.24) is 14.6 Å². The van der Waals surface area contributed by atoms with Crippen LogP contribution in [-0.2, 0) is 4.74 Å². The zero-order chi connectivity index (χ0) is 13.9. The Kier molecular flexibility index (Phi) is 3.87. The molecule has 0 aromatic carbocycles. The minimum absolute atomic E-state index is 0.419. The van der Waals surface area contributed by atoms with Gasteiger partial charge in [0.1, 0.15) is 5.82 Å². The molecule has 0 unspecified atom stereocenters. The summed E-state index contributed by atoms with van der Waals surface area (Å²) in [5.74, 6) is 1.09. The fourth-order valence-corrected chi connectivity index (χ4v) is 2.78. The van der Waals surface area contributed by atoms with E-state index in [1.54, 1.807) is 6.20 Å². The van der Waals surface area contributed by atoms with Crippen LogP contribution in [0.1, 0.15) is 31.4 Å². The predicted molar refractivity (Wildman–Crippen MR) is 79.2 cm³/mol. The number of hydrogen-bond donors (Lipinski definition) is 0. The molecule has 0 aliphatic carbocycles. The molecule has 3 rings (SSSR count). The van der Waals surface area contributed by atoms with Crippen LogP contribution in [0.25, 0.3) is 5.65 Å². The smallest absolute Gasteiger partial charge is 0.157 e. The lowest BCUT2D eigenvalue weighted by atomic mass is 10.1. The maximum atomic E-state index is 5.80. The predicted octanol–water partition coefficient (Wildman–Crippen LogP) is 2.43. The average molecular weight is 274 g/mol. The Balaban J connectivity index is 1.71. The summed E-state index contributed by atoms with van der Waals surface area (Å²) in [6.45, 7) is 3.92. The van der Waals surface area contributed by atoms with E-state index < -0.39 is 0 Å². The van der Waals surface area contributed by atoms with Crippen LogP contribution < -0.4 is 4.90 Å². The lowest BCUT2D eigenvalue weighted by Crippen LogP contribution is -2.28. The summed E-state index contributed by atoms with van der Waals surface area (Å²) in [5.41, 5.74) is 1.93. The van der Waals surface area contributed by atoms with Crippen molar-refractivity contribution in [1.29, 1.82) is 0 Å².